The fourth-order valence-corrected chi connectivity index (χ4v) is 1.99. The smallest absolute Gasteiger partial charge is 0.409 e. The molecule has 1 aromatic carbocycles. The topological polar surface area (TPSA) is 35.5 Å². The molecule has 1 aromatic rings. The molecule has 13 heavy (non-hydrogen) atoms. The Kier molecular flexibility index (Phi) is 2.06. The summed E-state index contributed by atoms with van der Waals surface area (Å²) in [4.78, 5) is 0. The van der Waals surface area contributed by atoms with E-state index in [-0.39, 0.29) is 0 Å². The van der Waals surface area contributed by atoms with Crippen molar-refractivity contribution in [3.8, 4) is 0 Å². The molecule has 1 heterocycles. The highest BCUT2D eigenvalue weighted by molar-refractivity contribution is 7.81. The van der Waals surface area contributed by atoms with Crippen molar-refractivity contribution in [3.05, 3.63) is 42.2 Å². The maximum absolute atomic E-state index is 11.1. The SMILES string of the molecule is O=P1(Cl)OC=C(c2ccccc2)O1. The van der Waals surface area contributed by atoms with Crippen LogP contribution < -0.4 is 0 Å². The first-order valence-electron chi connectivity index (χ1n) is 3.61. The fraction of sp³-hybridized carbons (Fsp3) is 0. The van der Waals surface area contributed by atoms with E-state index >= 15 is 0 Å². The van der Waals surface area contributed by atoms with Crippen molar-refractivity contribution in [3.63, 3.8) is 0 Å². The van der Waals surface area contributed by atoms with E-state index in [4.69, 9.17) is 15.8 Å². The molecule has 1 aliphatic heterocycles. The van der Waals surface area contributed by atoms with Gasteiger partial charge >= 0.3 is 6.95 Å². The first kappa shape index (κ1) is 8.67. The third-order valence-electron chi connectivity index (χ3n) is 1.55. The third-order valence-corrected chi connectivity index (χ3v) is 2.77. The van der Waals surface area contributed by atoms with Crippen LogP contribution in [-0.4, -0.2) is 0 Å². The average Bonchev–Trinajstić information content (AvgIpc) is 2.48. The lowest BCUT2D eigenvalue weighted by molar-refractivity contribution is 0.401. The third kappa shape index (κ3) is 1.87. The molecule has 0 saturated heterocycles. The van der Waals surface area contributed by atoms with Crippen molar-refractivity contribution in [1.82, 2.24) is 0 Å². The Bertz CT molecular complexity index is 388. The molecule has 0 N–H and O–H groups in total. The lowest BCUT2D eigenvalue weighted by atomic mass is 10.2. The van der Waals surface area contributed by atoms with Crippen LogP contribution in [0.15, 0.2) is 36.6 Å². The van der Waals surface area contributed by atoms with Gasteiger partial charge in [-0.05, 0) is 0 Å². The van der Waals surface area contributed by atoms with Gasteiger partial charge in [-0.15, -0.1) is 0 Å². The van der Waals surface area contributed by atoms with Gasteiger partial charge in [-0.2, -0.15) is 0 Å². The van der Waals surface area contributed by atoms with E-state index in [1.807, 2.05) is 30.3 Å². The summed E-state index contributed by atoms with van der Waals surface area (Å²) < 4.78 is 20.6. The van der Waals surface area contributed by atoms with Gasteiger partial charge in [0.15, 0.2) is 5.76 Å². The van der Waals surface area contributed by atoms with Crippen LogP contribution in [0.25, 0.3) is 5.76 Å². The highest BCUT2D eigenvalue weighted by atomic mass is 35.7. The normalized spacial score (nSPS) is 26.1. The van der Waals surface area contributed by atoms with Crippen LogP contribution in [-0.2, 0) is 13.6 Å². The minimum Gasteiger partial charge on any atom is -0.409 e. The van der Waals surface area contributed by atoms with Gasteiger partial charge in [-0.1, -0.05) is 30.3 Å². The van der Waals surface area contributed by atoms with Crippen LogP contribution in [0.4, 0.5) is 0 Å². The van der Waals surface area contributed by atoms with Crippen molar-refractivity contribution in [2.45, 2.75) is 0 Å². The molecule has 68 valence electrons. The van der Waals surface area contributed by atoms with Crippen LogP contribution >= 0.6 is 18.2 Å². The standard InChI is InChI=1S/C8H6ClO3P/c9-13(10)11-6-8(12-13)7-4-2-1-3-5-7/h1-6H. The van der Waals surface area contributed by atoms with Gasteiger partial charge in [-0.25, -0.2) is 4.57 Å². The zero-order valence-electron chi connectivity index (χ0n) is 6.51. The Morgan fingerprint density at radius 1 is 1.23 bits per heavy atom. The molecule has 0 spiro atoms. The molecular weight excluding hydrogens is 211 g/mol. The lowest BCUT2D eigenvalue weighted by Crippen LogP contribution is -1.80. The van der Waals surface area contributed by atoms with E-state index in [9.17, 15) is 4.57 Å². The molecule has 5 heteroatoms. The molecule has 0 saturated carbocycles. The van der Waals surface area contributed by atoms with Gasteiger partial charge in [0.05, 0.1) is 0 Å². The summed E-state index contributed by atoms with van der Waals surface area (Å²) in [6, 6.07) is 9.20. The van der Waals surface area contributed by atoms with Crippen molar-refractivity contribution in [2.75, 3.05) is 0 Å². The molecule has 3 nitrogen and oxygen atoms in total. The highest BCUT2D eigenvalue weighted by Crippen LogP contribution is 2.60. The zero-order valence-corrected chi connectivity index (χ0v) is 8.16. The van der Waals surface area contributed by atoms with Crippen LogP contribution in [0.2, 0.25) is 0 Å². The van der Waals surface area contributed by atoms with Gasteiger partial charge < -0.3 is 9.05 Å². The minimum atomic E-state index is -3.39. The summed E-state index contributed by atoms with van der Waals surface area (Å²) in [6.07, 6.45) is 1.27. The number of rotatable bonds is 1. The van der Waals surface area contributed by atoms with Crippen LogP contribution in [0.3, 0.4) is 0 Å². The molecule has 1 atom stereocenters. The van der Waals surface area contributed by atoms with Crippen molar-refractivity contribution < 1.29 is 13.6 Å². The average molecular weight is 217 g/mol. The van der Waals surface area contributed by atoms with Crippen LogP contribution in [0, 0.1) is 0 Å². The van der Waals surface area contributed by atoms with E-state index in [0.717, 1.165) is 5.56 Å². The van der Waals surface area contributed by atoms with Gasteiger partial charge in [-0.3, -0.25) is 0 Å². The molecule has 0 aromatic heterocycles. The molecule has 1 aliphatic rings. The molecule has 0 radical (unpaired) electrons. The Morgan fingerprint density at radius 2 is 1.92 bits per heavy atom. The van der Waals surface area contributed by atoms with E-state index in [1.165, 1.54) is 6.26 Å². The van der Waals surface area contributed by atoms with E-state index in [1.54, 1.807) is 0 Å². The first-order chi connectivity index (χ1) is 6.17. The number of hydrogen-bond donors (Lipinski definition) is 0. The molecule has 0 bridgehead atoms. The summed E-state index contributed by atoms with van der Waals surface area (Å²) >= 11 is 5.37. The Balaban J connectivity index is 2.27. The quantitative estimate of drug-likeness (QED) is 0.675. The van der Waals surface area contributed by atoms with Gasteiger partial charge in [0.1, 0.15) is 6.26 Å². The second kappa shape index (κ2) is 3.09. The van der Waals surface area contributed by atoms with Crippen molar-refractivity contribution in [2.24, 2.45) is 0 Å². The van der Waals surface area contributed by atoms with Crippen molar-refractivity contribution >= 4 is 23.9 Å². The predicted molar refractivity (Wildman–Crippen MR) is 50.0 cm³/mol. The predicted octanol–water partition coefficient (Wildman–Crippen LogP) is 3.38. The Morgan fingerprint density at radius 3 is 2.46 bits per heavy atom. The summed E-state index contributed by atoms with van der Waals surface area (Å²) in [5, 5.41) is 0. The summed E-state index contributed by atoms with van der Waals surface area (Å²) in [5.41, 5.74) is 0.792. The summed E-state index contributed by atoms with van der Waals surface area (Å²) in [7, 11) is 0. The van der Waals surface area contributed by atoms with Gasteiger partial charge in [0, 0.05) is 16.8 Å². The number of benzene rings is 1. The minimum absolute atomic E-state index is 0.402. The van der Waals surface area contributed by atoms with Gasteiger partial charge in [0.2, 0.25) is 0 Å². The van der Waals surface area contributed by atoms with Crippen LogP contribution in [0.5, 0.6) is 0 Å². The summed E-state index contributed by atoms with van der Waals surface area (Å²) in [5.74, 6) is 0.402. The molecule has 0 amide bonds. The maximum atomic E-state index is 11.1. The Hall–Kier alpha value is -0.920. The zero-order chi connectivity index (χ0) is 9.31. The van der Waals surface area contributed by atoms with Gasteiger partial charge in [0.25, 0.3) is 0 Å². The maximum Gasteiger partial charge on any atom is 0.529 e. The molecular formula is C8H6ClO3P. The second-order valence-corrected chi connectivity index (χ2v) is 4.97. The monoisotopic (exact) mass is 216 g/mol. The van der Waals surface area contributed by atoms with E-state index in [0.29, 0.717) is 5.76 Å². The van der Waals surface area contributed by atoms with E-state index in [2.05, 4.69) is 4.52 Å². The first-order valence-corrected chi connectivity index (χ1v) is 6.05. The second-order valence-electron chi connectivity index (χ2n) is 2.48. The fourth-order valence-electron chi connectivity index (χ4n) is 0.994. The molecule has 0 fully saturated rings. The van der Waals surface area contributed by atoms with Crippen molar-refractivity contribution in [1.29, 1.82) is 0 Å². The highest BCUT2D eigenvalue weighted by Gasteiger charge is 2.30. The lowest BCUT2D eigenvalue weighted by Gasteiger charge is -2.02. The number of hydrogen-bond acceptors (Lipinski definition) is 3. The Labute approximate surface area is 80.3 Å². The van der Waals surface area contributed by atoms with E-state index < -0.39 is 6.95 Å². The molecule has 2 rings (SSSR count). The molecule has 1 unspecified atom stereocenters. The van der Waals surface area contributed by atoms with Crippen LogP contribution in [0.1, 0.15) is 5.56 Å². The molecule has 0 aliphatic carbocycles. The largest absolute Gasteiger partial charge is 0.529 e. The number of halogens is 1. The summed E-state index contributed by atoms with van der Waals surface area (Å²) in [6.45, 7) is -3.39.